The van der Waals surface area contributed by atoms with Crippen LogP contribution >= 0.6 is 21.4 Å². The van der Waals surface area contributed by atoms with E-state index in [0.717, 1.165) is 12.1 Å². The Morgan fingerprint density at radius 2 is 0.857 bits per heavy atom. The molecule has 0 heterocycles. The Hall–Kier alpha value is -2.00. The zero-order valence-corrected chi connectivity index (χ0v) is 16.9. The Kier molecular flexibility index (Phi) is 5.51. The fourth-order valence-electron chi connectivity index (χ4n) is 2.58. The van der Waals surface area contributed by atoms with Gasteiger partial charge in [-0.3, -0.25) is 0 Å². The van der Waals surface area contributed by atoms with Crippen LogP contribution in [0.2, 0.25) is 0 Å². The van der Waals surface area contributed by atoms with Crippen LogP contribution in [-0.2, 0) is 18.1 Å². The molecule has 3 rings (SSSR count). The van der Waals surface area contributed by atoms with Gasteiger partial charge in [0.25, 0.3) is 18.1 Å². The quantitative estimate of drug-likeness (QED) is 0.502. The van der Waals surface area contributed by atoms with E-state index in [2.05, 4.69) is 0 Å². The van der Waals surface area contributed by atoms with Crippen LogP contribution < -0.4 is 0 Å². The molecule has 0 amide bonds. The van der Waals surface area contributed by atoms with Gasteiger partial charge in [-0.1, -0.05) is 24.3 Å². The van der Waals surface area contributed by atoms with Gasteiger partial charge >= 0.3 is 0 Å². The SMILES string of the molecule is O=S(=O)(Cl)c1ccc(-c2cc(F)c(-c3ccc(S(=O)(=O)Cl)cc3)cc2F)cc1. The van der Waals surface area contributed by atoms with E-state index in [1.165, 1.54) is 48.5 Å². The average molecular weight is 463 g/mol. The molecule has 0 unspecified atom stereocenters. The van der Waals surface area contributed by atoms with Crippen molar-refractivity contribution in [3.05, 3.63) is 72.3 Å². The van der Waals surface area contributed by atoms with Crippen molar-refractivity contribution in [1.82, 2.24) is 0 Å². The smallest absolute Gasteiger partial charge is 0.207 e. The molecule has 0 N–H and O–H groups in total. The summed E-state index contributed by atoms with van der Waals surface area (Å²) in [7, 11) is 2.62. The fraction of sp³-hybridized carbons (Fsp3) is 0. The van der Waals surface area contributed by atoms with Crippen LogP contribution in [0.4, 0.5) is 8.78 Å². The van der Waals surface area contributed by atoms with Gasteiger partial charge in [-0.2, -0.15) is 0 Å². The number of hydrogen-bond acceptors (Lipinski definition) is 4. The summed E-state index contributed by atoms with van der Waals surface area (Å²) in [5.41, 5.74) is 0.380. The summed E-state index contributed by atoms with van der Waals surface area (Å²) < 4.78 is 74.3. The van der Waals surface area contributed by atoms with Gasteiger partial charge in [-0.25, -0.2) is 25.6 Å². The van der Waals surface area contributed by atoms with E-state index in [1.54, 1.807) is 0 Å². The predicted molar refractivity (Wildman–Crippen MR) is 103 cm³/mol. The Morgan fingerprint density at radius 3 is 1.11 bits per heavy atom. The van der Waals surface area contributed by atoms with E-state index < -0.39 is 29.7 Å². The van der Waals surface area contributed by atoms with E-state index in [0.29, 0.717) is 0 Å². The minimum Gasteiger partial charge on any atom is -0.207 e. The van der Waals surface area contributed by atoms with Crippen molar-refractivity contribution in [2.45, 2.75) is 9.79 Å². The van der Waals surface area contributed by atoms with E-state index in [9.17, 15) is 25.6 Å². The molecular formula is C18H10Cl2F2O4S2. The van der Waals surface area contributed by atoms with Crippen molar-refractivity contribution in [2.24, 2.45) is 0 Å². The highest BCUT2D eigenvalue weighted by Crippen LogP contribution is 2.32. The maximum absolute atomic E-state index is 14.6. The third kappa shape index (κ3) is 4.35. The largest absolute Gasteiger partial charge is 0.261 e. The Morgan fingerprint density at radius 1 is 0.571 bits per heavy atom. The van der Waals surface area contributed by atoms with Gasteiger partial charge in [0.05, 0.1) is 9.79 Å². The lowest BCUT2D eigenvalue weighted by atomic mass is 9.99. The third-order valence-electron chi connectivity index (χ3n) is 3.95. The van der Waals surface area contributed by atoms with Crippen molar-refractivity contribution >= 4 is 39.5 Å². The standard InChI is InChI=1S/C18H10Cl2F2O4S2/c19-27(23,24)13-5-1-11(2-6-13)15-9-18(22)16(10-17(15)21)12-3-7-14(8-4-12)28(20,25)26/h1-10H. The maximum Gasteiger partial charge on any atom is 0.261 e. The number of hydrogen-bond donors (Lipinski definition) is 0. The molecule has 0 fully saturated rings. The lowest BCUT2D eigenvalue weighted by Gasteiger charge is -2.10. The summed E-state index contributed by atoms with van der Waals surface area (Å²) in [5.74, 6) is -1.49. The van der Waals surface area contributed by atoms with E-state index in [1.807, 2.05) is 0 Å². The lowest BCUT2D eigenvalue weighted by molar-refractivity contribution is 0.605. The summed E-state index contributed by atoms with van der Waals surface area (Å²) >= 11 is 0. The molecule has 10 heteroatoms. The fourth-order valence-corrected chi connectivity index (χ4v) is 4.12. The summed E-state index contributed by atoms with van der Waals surface area (Å²) in [6.07, 6.45) is 0. The minimum absolute atomic E-state index is 0.0697. The third-order valence-corrected chi connectivity index (χ3v) is 6.69. The van der Waals surface area contributed by atoms with Crippen LogP contribution in [0.5, 0.6) is 0 Å². The van der Waals surface area contributed by atoms with Gasteiger partial charge in [0, 0.05) is 32.5 Å². The predicted octanol–water partition coefficient (Wildman–Crippen LogP) is 5.15. The van der Waals surface area contributed by atoms with Crippen molar-refractivity contribution in [3.8, 4) is 22.3 Å². The summed E-state index contributed by atoms with van der Waals surface area (Å²) in [5, 5.41) is 0. The zero-order valence-electron chi connectivity index (χ0n) is 13.7. The highest BCUT2D eigenvalue weighted by atomic mass is 35.7. The topological polar surface area (TPSA) is 68.3 Å². The maximum atomic E-state index is 14.6. The molecule has 0 radical (unpaired) electrons. The molecule has 0 aliphatic rings. The molecule has 3 aromatic rings. The minimum atomic E-state index is -3.92. The van der Waals surface area contributed by atoms with Crippen molar-refractivity contribution < 1.29 is 25.6 Å². The molecule has 28 heavy (non-hydrogen) atoms. The number of rotatable bonds is 4. The second kappa shape index (κ2) is 7.44. The summed E-state index contributed by atoms with van der Waals surface area (Å²) in [6, 6.07) is 12.0. The van der Waals surface area contributed by atoms with Crippen LogP contribution in [0.15, 0.2) is 70.5 Å². The van der Waals surface area contributed by atoms with Gasteiger partial charge in [0.1, 0.15) is 11.6 Å². The van der Waals surface area contributed by atoms with E-state index >= 15 is 0 Å². The van der Waals surface area contributed by atoms with Gasteiger partial charge in [0.2, 0.25) is 0 Å². The molecular weight excluding hydrogens is 453 g/mol. The molecule has 0 aliphatic carbocycles. The normalized spacial score (nSPS) is 12.1. The number of benzene rings is 3. The molecule has 0 aliphatic heterocycles. The molecule has 146 valence electrons. The number of halogens is 4. The summed E-state index contributed by atoms with van der Waals surface area (Å²) in [6.45, 7) is 0. The summed E-state index contributed by atoms with van der Waals surface area (Å²) in [4.78, 5) is -0.325. The Labute approximate surface area is 169 Å². The van der Waals surface area contributed by atoms with Gasteiger partial charge in [-0.05, 0) is 47.5 Å². The van der Waals surface area contributed by atoms with Crippen molar-refractivity contribution in [3.63, 3.8) is 0 Å². The second-order valence-electron chi connectivity index (χ2n) is 5.74. The molecule has 3 aromatic carbocycles. The monoisotopic (exact) mass is 462 g/mol. The first-order valence-corrected chi connectivity index (χ1v) is 12.2. The van der Waals surface area contributed by atoms with E-state index in [-0.39, 0.29) is 32.0 Å². The zero-order chi connectivity index (χ0) is 20.7. The molecule has 0 saturated carbocycles. The van der Waals surface area contributed by atoms with Crippen LogP contribution in [0.25, 0.3) is 22.3 Å². The van der Waals surface area contributed by atoms with Gasteiger partial charge in [0.15, 0.2) is 0 Å². The van der Waals surface area contributed by atoms with Crippen molar-refractivity contribution in [2.75, 3.05) is 0 Å². The van der Waals surface area contributed by atoms with Crippen LogP contribution in [0.3, 0.4) is 0 Å². The molecule has 0 atom stereocenters. The first-order valence-electron chi connectivity index (χ1n) is 7.56. The van der Waals surface area contributed by atoms with Crippen LogP contribution in [0.1, 0.15) is 0 Å². The second-order valence-corrected chi connectivity index (χ2v) is 10.9. The molecule has 0 bridgehead atoms. The first kappa shape index (κ1) is 20.7. The van der Waals surface area contributed by atoms with Gasteiger partial charge in [-0.15, -0.1) is 0 Å². The van der Waals surface area contributed by atoms with Crippen LogP contribution in [-0.4, -0.2) is 16.8 Å². The van der Waals surface area contributed by atoms with Gasteiger partial charge < -0.3 is 0 Å². The first-order chi connectivity index (χ1) is 13.0. The lowest BCUT2D eigenvalue weighted by Crippen LogP contribution is -1.94. The highest BCUT2D eigenvalue weighted by Gasteiger charge is 2.16. The van der Waals surface area contributed by atoms with Crippen molar-refractivity contribution in [1.29, 1.82) is 0 Å². The molecule has 0 spiro atoms. The van der Waals surface area contributed by atoms with Crippen LogP contribution in [0, 0.1) is 11.6 Å². The molecule has 0 aromatic heterocycles. The average Bonchev–Trinajstić information content (AvgIpc) is 2.62. The molecule has 4 nitrogen and oxygen atoms in total. The highest BCUT2D eigenvalue weighted by molar-refractivity contribution is 8.14. The Bertz CT molecular complexity index is 1150. The van der Waals surface area contributed by atoms with E-state index in [4.69, 9.17) is 21.4 Å². The Balaban J connectivity index is 2.02. The molecule has 0 saturated heterocycles.